The van der Waals surface area contributed by atoms with Crippen LogP contribution in [0.5, 0.6) is 5.75 Å². The Balaban J connectivity index is 2.38. The predicted octanol–water partition coefficient (Wildman–Crippen LogP) is 0.372. The van der Waals surface area contributed by atoms with Gasteiger partial charge in [-0.15, -0.1) is 0 Å². The monoisotopic (exact) mass is 479 g/mol. The summed E-state index contributed by atoms with van der Waals surface area (Å²) < 4.78 is 31.4. The summed E-state index contributed by atoms with van der Waals surface area (Å²) in [5.41, 5.74) is -0.751. The van der Waals surface area contributed by atoms with Crippen LogP contribution in [0.3, 0.4) is 0 Å². The summed E-state index contributed by atoms with van der Waals surface area (Å²) in [6, 6.07) is 3.19. The number of rotatable bonds is 9. The van der Waals surface area contributed by atoms with Gasteiger partial charge in [0.1, 0.15) is 11.8 Å². The van der Waals surface area contributed by atoms with Gasteiger partial charge in [0, 0.05) is 5.56 Å². The van der Waals surface area contributed by atoms with Crippen LogP contribution in [0.15, 0.2) is 18.2 Å². The number of carbonyl (C=O) groups is 4. The first-order valence-electron chi connectivity index (χ1n) is 10.5. The lowest BCUT2D eigenvalue weighted by Gasteiger charge is -2.32. The van der Waals surface area contributed by atoms with E-state index in [0.717, 1.165) is 14.2 Å². The van der Waals surface area contributed by atoms with Crippen LogP contribution < -0.4 is 15.5 Å². The van der Waals surface area contributed by atoms with Crippen molar-refractivity contribution >= 4 is 36.4 Å². The first-order valence-corrected chi connectivity index (χ1v) is 10.5. The minimum atomic E-state index is -1.27. The summed E-state index contributed by atoms with van der Waals surface area (Å²) >= 11 is 0. The fourth-order valence-electron chi connectivity index (χ4n) is 2.98. The molecule has 1 atom stereocenters. The highest BCUT2D eigenvalue weighted by Crippen LogP contribution is 2.36. The summed E-state index contributed by atoms with van der Waals surface area (Å²) in [4.78, 5) is 48.3. The second-order valence-corrected chi connectivity index (χ2v) is 8.57. The van der Waals surface area contributed by atoms with Crippen molar-refractivity contribution in [3.63, 3.8) is 0 Å². The van der Waals surface area contributed by atoms with Crippen LogP contribution >= 0.6 is 0 Å². The number of methoxy groups -OCH3 is 3. The van der Waals surface area contributed by atoms with E-state index in [1.807, 2.05) is 27.7 Å². The maximum Gasteiger partial charge on any atom is 0.494 e. The van der Waals surface area contributed by atoms with Gasteiger partial charge in [0.15, 0.2) is 6.61 Å². The number of ether oxygens (including phenoxy) is 4. The van der Waals surface area contributed by atoms with Gasteiger partial charge in [0.05, 0.1) is 39.0 Å². The molecule has 1 aromatic rings. The summed E-state index contributed by atoms with van der Waals surface area (Å²) in [5.74, 6) is -2.66. The van der Waals surface area contributed by atoms with Crippen molar-refractivity contribution in [3.8, 4) is 5.75 Å². The van der Waals surface area contributed by atoms with Crippen LogP contribution in [0.1, 0.15) is 44.5 Å². The van der Waals surface area contributed by atoms with Crippen molar-refractivity contribution in [2.75, 3.05) is 27.9 Å². The van der Waals surface area contributed by atoms with Gasteiger partial charge in [-0.05, 0) is 51.4 Å². The molecular formula is C22H30BNO10. The van der Waals surface area contributed by atoms with Crippen LogP contribution in [0.2, 0.25) is 0 Å². The molecular weight excluding hydrogens is 449 g/mol. The highest BCUT2D eigenvalue weighted by atomic mass is 16.7. The van der Waals surface area contributed by atoms with Gasteiger partial charge in [0.2, 0.25) is 0 Å². The van der Waals surface area contributed by atoms with Gasteiger partial charge < -0.3 is 33.6 Å². The number of amides is 1. The quantitative estimate of drug-likeness (QED) is 0.301. The molecule has 0 saturated carbocycles. The maximum absolute atomic E-state index is 13.0. The fraction of sp³-hybridized carbons (Fsp3) is 0.545. The molecule has 1 aromatic carbocycles. The predicted molar refractivity (Wildman–Crippen MR) is 120 cm³/mol. The van der Waals surface area contributed by atoms with Crippen molar-refractivity contribution in [2.45, 2.75) is 51.4 Å². The van der Waals surface area contributed by atoms with Gasteiger partial charge in [-0.2, -0.15) is 0 Å². The Morgan fingerprint density at radius 1 is 0.912 bits per heavy atom. The van der Waals surface area contributed by atoms with Crippen LogP contribution in [0.4, 0.5) is 0 Å². The molecule has 1 heterocycles. The van der Waals surface area contributed by atoms with E-state index in [-0.39, 0.29) is 11.3 Å². The zero-order chi connectivity index (χ0) is 25.7. The molecule has 1 aliphatic rings. The van der Waals surface area contributed by atoms with Gasteiger partial charge in [0.25, 0.3) is 5.91 Å². The number of carbonyl (C=O) groups excluding carboxylic acids is 4. The van der Waals surface area contributed by atoms with Gasteiger partial charge >= 0.3 is 25.0 Å². The lowest BCUT2D eigenvalue weighted by molar-refractivity contribution is -0.149. The Labute approximate surface area is 198 Å². The van der Waals surface area contributed by atoms with E-state index in [0.29, 0.717) is 5.46 Å². The average molecular weight is 479 g/mol. The summed E-state index contributed by atoms with van der Waals surface area (Å²) in [6.07, 6.45) is -0.419. The van der Waals surface area contributed by atoms with E-state index in [9.17, 15) is 19.2 Å². The van der Waals surface area contributed by atoms with Crippen molar-refractivity contribution in [3.05, 3.63) is 23.8 Å². The van der Waals surface area contributed by atoms with E-state index in [2.05, 4.69) is 19.5 Å². The Bertz CT molecular complexity index is 930. The molecule has 0 bridgehead atoms. The van der Waals surface area contributed by atoms with Crippen molar-refractivity contribution in [2.24, 2.45) is 0 Å². The molecule has 2 rings (SSSR count). The number of nitrogens with one attached hydrogen (secondary N) is 1. The topological polar surface area (TPSA) is 136 Å². The van der Waals surface area contributed by atoms with E-state index in [1.165, 1.54) is 19.2 Å². The molecule has 0 aliphatic carbocycles. The second-order valence-electron chi connectivity index (χ2n) is 8.57. The van der Waals surface area contributed by atoms with Crippen LogP contribution in [-0.2, 0) is 37.9 Å². The van der Waals surface area contributed by atoms with Crippen LogP contribution in [-0.4, -0.2) is 76.1 Å². The summed E-state index contributed by atoms with van der Waals surface area (Å²) in [6.45, 7) is 7.13. The molecule has 12 heteroatoms. The molecule has 1 fully saturated rings. The third kappa shape index (κ3) is 6.48. The summed E-state index contributed by atoms with van der Waals surface area (Å²) in [7, 11) is 2.69. The molecule has 0 radical (unpaired) electrons. The highest BCUT2D eigenvalue weighted by Gasteiger charge is 2.52. The Hall–Kier alpha value is -3.12. The minimum Gasteiger partial charge on any atom is -0.482 e. The SMILES string of the molecule is COC(=O)COc1cc(B2OC(C)(C)C(C)(C)O2)cc(C(=O)N[C@@H](CC(=O)OC)C(=O)OC)c1. The van der Waals surface area contributed by atoms with Gasteiger partial charge in [-0.3, -0.25) is 9.59 Å². The first-order chi connectivity index (χ1) is 15.8. The van der Waals surface area contributed by atoms with Crippen LogP contribution in [0.25, 0.3) is 0 Å². The first kappa shape index (κ1) is 27.1. The Morgan fingerprint density at radius 2 is 1.50 bits per heavy atom. The molecule has 1 aliphatic heterocycles. The molecule has 0 aromatic heterocycles. The zero-order valence-electron chi connectivity index (χ0n) is 20.4. The number of benzene rings is 1. The lowest BCUT2D eigenvalue weighted by atomic mass is 9.78. The van der Waals surface area contributed by atoms with E-state index in [1.54, 1.807) is 6.07 Å². The third-order valence-electron chi connectivity index (χ3n) is 5.69. The van der Waals surface area contributed by atoms with Gasteiger partial charge in [-0.25, -0.2) is 9.59 Å². The fourth-order valence-corrected chi connectivity index (χ4v) is 2.98. The summed E-state index contributed by atoms with van der Waals surface area (Å²) in [5, 5.41) is 2.46. The largest absolute Gasteiger partial charge is 0.494 e. The molecule has 1 N–H and O–H groups in total. The maximum atomic E-state index is 13.0. The molecule has 0 unspecified atom stereocenters. The normalized spacial score (nSPS) is 16.9. The molecule has 11 nitrogen and oxygen atoms in total. The molecule has 0 spiro atoms. The average Bonchev–Trinajstić information content (AvgIpc) is 3.02. The van der Waals surface area contributed by atoms with Crippen molar-refractivity contribution < 1.29 is 47.4 Å². The lowest BCUT2D eigenvalue weighted by Crippen LogP contribution is -2.43. The molecule has 34 heavy (non-hydrogen) atoms. The van der Waals surface area contributed by atoms with Crippen molar-refractivity contribution in [1.29, 1.82) is 0 Å². The minimum absolute atomic E-state index is 0.0749. The second kappa shape index (κ2) is 10.9. The number of hydrogen-bond acceptors (Lipinski definition) is 10. The van der Waals surface area contributed by atoms with Crippen molar-refractivity contribution in [1.82, 2.24) is 5.32 Å². The Morgan fingerprint density at radius 3 is 2.03 bits per heavy atom. The van der Waals surface area contributed by atoms with E-state index >= 15 is 0 Å². The van der Waals surface area contributed by atoms with Gasteiger partial charge in [-0.1, -0.05) is 0 Å². The zero-order valence-corrected chi connectivity index (χ0v) is 20.4. The smallest absolute Gasteiger partial charge is 0.482 e. The molecule has 186 valence electrons. The van der Waals surface area contributed by atoms with E-state index in [4.69, 9.17) is 14.0 Å². The number of esters is 3. The third-order valence-corrected chi connectivity index (χ3v) is 5.69. The highest BCUT2D eigenvalue weighted by molar-refractivity contribution is 6.62. The number of hydrogen-bond donors (Lipinski definition) is 1. The standard InChI is InChI=1S/C22H30BNO10/c1-21(2)22(3,4)34-23(33-21)14-8-13(9-15(10-14)32-12-18(26)30-6)19(27)24-16(20(28)31-7)11-17(25)29-5/h8-10,16H,11-12H2,1-7H3,(H,24,27)/t16-/m0/s1. The van der Waals surface area contributed by atoms with E-state index < -0.39 is 61.2 Å². The molecule has 1 amide bonds. The Kier molecular flexibility index (Phi) is 8.68. The van der Waals surface area contributed by atoms with Crippen LogP contribution in [0, 0.1) is 0 Å². The molecule has 1 saturated heterocycles.